The third kappa shape index (κ3) is 4.26. The van der Waals surface area contributed by atoms with E-state index in [1.165, 1.54) is 12.4 Å². The summed E-state index contributed by atoms with van der Waals surface area (Å²) < 4.78 is 0. The molecule has 1 aromatic heterocycles. The van der Waals surface area contributed by atoms with E-state index in [0.717, 1.165) is 0 Å². The first-order valence-electron chi connectivity index (χ1n) is 7.07. The minimum Gasteiger partial charge on any atom is -0.382 e. The molecule has 0 bridgehead atoms. The van der Waals surface area contributed by atoms with Crippen LogP contribution in [0.2, 0.25) is 0 Å². The van der Waals surface area contributed by atoms with E-state index in [9.17, 15) is 9.59 Å². The molecule has 0 saturated heterocycles. The van der Waals surface area contributed by atoms with Gasteiger partial charge in [-0.15, -0.1) is 0 Å². The second kappa shape index (κ2) is 6.43. The van der Waals surface area contributed by atoms with Gasteiger partial charge in [-0.25, -0.2) is 9.97 Å². The van der Waals surface area contributed by atoms with E-state index in [1.54, 1.807) is 24.3 Å². The third-order valence-corrected chi connectivity index (χ3v) is 3.02. The van der Waals surface area contributed by atoms with Gasteiger partial charge in [0, 0.05) is 29.2 Å². The summed E-state index contributed by atoms with van der Waals surface area (Å²) in [6, 6.07) is 6.78. The summed E-state index contributed by atoms with van der Waals surface area (Å²) in [6.45, 7) is 5.51. The van der Waals surface area contributed by atoms with Gasteiger partial charge in [-0.1, -0.05) is 20.8 Å². The molecule has 0 aliphatic rings. The fraction of sp³-hybridized carbons (Fsp3) is 0.250. The lowest BCUT2D eigenvalue weighted by Gasteiger charge is -2.17. The number of rotatable bonds is 3. The van der Waals surface area contributed by atoms with Gasteiger partial charge in [-0.05, 0) is 24.3 Å². The van der Waals surface area contributed by atoms with Crippen LogP contribution in [0.5, 0.6) is 0 Å². The van der Waals surface area contributed by atoms with E-state index in [1.807, 2.05) is 20.8 Å². The molecule has 0 spiro atoms. The van der Waals surface area contributed by atoms with Crippen molar-refractivity contribution >= 4 is 29.0 Å². The zero-order chi connectivity index (χ0) is 17.0. The maximum Gasteiger partial charge on any atom is 0.278 e. The molecule has 0 saturated carbocycles. The maximum atomic E-state index is 12.1. The number of hydrogen-bond acceptors (Lipinski definition) is 5. The minimum atomic E-state index is -0.476. The topological polar surface area (TPSA) is 110 Å². The standard InChI is InChI=1S/C16H19N5O2/c1-16(2,3)15(23)21-11-6-4-10(5-7-11)20-14(22)12-13(17)19-9-8-18-12/h4-9H,1-3H3,(H2,17,19)(H,20,22)(H,21,23). The van der Waals surface area contributed by atoms with Crippen molar-refractivity contribution in [3.8, 4) is 0 Å². The molecular weight excluding hydrogens is 294 g/mol. The Bertz CT molecular complexity index is 720. The van der Waals surface area contributed by atoms with E-state index in [2.05, 4.69) is 20.6 Å². The number of aromatic nitrogens is 2. The summed E-state index contributed by atoms with van der Waals surface area (Å²) in [4.78, 5) is 31.7. The van der Waals surface area contributed by atoms with Crippen LogP contribution in [0.3, 0.4) is 0 Å². The van der Waals surface area contributed by atoms with Crippen molar-refractivity contribution in [1.29, 1.82) is 0 Å². The van der Waals surface area contributed by atoms with Crippen LogP contribution >= 0.6 is 0 Å². The van der Waals surface area contributed by atoms with Crippen LogP contribution in [-0.2, 0) is 4.79 Å². The Morgan fingerprint density at radius 1 is 0.957 bits per heavy atom. The first-order valence-corrected chi connectivity index (χ1v) is 7.07. The van der Waals surface area contributed by atoms with E-state index >= 15 is 0 Å². The molecule has 0 radical (unpaired) electrons. The number of nitrogens with one attached hydrogen (secondary N) is 2. The van der Waals surface area contributed by atoms with Gasteiger partial charge in [0.15, 0.2) is 11.5 Å². The molecule has 0 unspecified atom stereocenters. The Morgan fingerprint density at radius 3 is 2.00 bits per heavy atom. The van der Waals surface area contributed by atoms with Gasteiger partial charge >= 0.3 is 0 Å². The summed E-state index contributed by atoms with van der Waals surface area (Å²) >= 11 is 0. The largest absolute Gasteiger partial charge is 0.382 e. The average Bonchev–Trinajstić information content (AvgIpc) is 2.48. The summed E-state index contributed by atoms with van der Waals surface area (Å²) in [7, 11) is 0. The molecule has 2 amide bonds. The maximum absolute atomic E-state index is 12.1. The second-order valence-corrected chi connectivity index (χ2v) is 6.03. The molecule has 7 nitrogen and oxygen atoms in total. The van der Waals surface area contributed by atoms with Crippen molar-refractivity contribution < 1.29 is 9.59 Å². The SMILES string of the molecule is CC(C)(C)C(=O)Nc1ccc(NC(=O)c2nccnc2N)cc1. The Labute approximate surface area is 134 Å². The normalized spacial score (nSPS) is 10.9. The monoisotopic (exact) mass is 313 g/mol. The number of hydrogen-bond donors (Lipinski definition) is 3. The third-order valence-electron chi connectivity index (χ3n) is 3.02. The highest BCUT2D eigenvalue weighted by atomic mass is 16.2. The second-order valence-electron chi connectivity index (χ2n) is 6.03. The highest BCUT2D eigenvalue weighted by Gasteiger charge is 2.21. The predicted molar refractivity (Wildman–Crippen MR) is 88.9 cm³/mol. The first-order chi connectivity index (χ1) is 10.8. The number of benzene rings is 1. The summed E-state index contributed by atoms with van der Waals surface area (Å²) in [5, 5.41) is 5.48. The van der Waals surface area contributed by atoms with Gasteiger partial charge in [-0.2, -0.15) is 0 Å². The Kier molecular flexibility index (Phi) is 4.59. The molecule has 7 heteroatoms. The van der Waals surface area contributed by atoms with Crippen molar-refractivity contribution in [2.24, 2.45) is 5.41 Å². The zero-order valence-electron chi connectivity index (χ0n) is 13.3. The van der Waals surface area contributed by atoms with Crippen LogP contribution in [0.15, 0.2) is 36.7 Å². The van der Waals surface area contributed by atoms with Crippen molar-refractivity contribution in [3.05, 3.63) is 42.4 Å². The van der Waals surface area contributed by atoms with Gasteiger partial charge in [0.2, 0.25) is 5.91 Å². The number of nitrogens with two attached hydrogens (primary N) is 1. The zero-order valence-corrected chi connectivity index (χ0v) is 13.3. The summed E-state index contributed by atoms with van der Waals surface area (Å²) in [5.74, 6) is -0.456. The lowest BCUT2D eigenvalue weighted by Crippen LogP contribution is -2.27. The van der Waals surface area contributed by atoms with Gasteiger partial charge in [0.25, 0.3) is 5.91 Å². The summed E-state index contributed by atoms with van der Waals surface area (Å²) in [5.41, 5.74) is 6.42. The fourth-order valence-corrected chi connectivity index (χ4v) is 1.67. The first kappa shape index (κ1) is 16.4. The van der Waals surface area contributed by atoms with Crippen LogP contribution in [0, 0.1) is 5.41 Å². The fourth-order valence-electron chi connectivity index (χ4n) is 1.67. The molecular formula is C16H19N5O2. The predicted octanol–water partition coefficient (Wildman–Crippen LogP) is 2.30. The van der Waals surface area contributed by atoms with E-state index in [-0.39, 0.29) is 17.4 Å². The average molecular weight is 313 g/mol. The van der Waals surface area contributed by atoms with Crippen LogP contribution in [0.4, 0.5) is 17.2 Å². The lowest BCUT2D eigenvalue weighted by atomic mass is 9.95. The van der Waals surface area contributed by atoms with E-state index in [0.29, 0.717) is 11.4 Å². The van der Waals surface area contributed by atoms with Crippen molar-refractivity contribution in [1.82, 2.24) is 9.97 Å². The van der Waals surface area contributed by atoms with Crippen molar-refractivity contribution in [2.45, 2.75) is 20.8 Å². The highest BCUT2D eigenvalue weighted by Crippen LogP contribution is 2.19. The number of anilines is 3. The number of amides is 2. The van der Waals surface area contributed by atoms with Crippen LogP contribution in [0.25, 0.3) is 0 Å². The Morgan fingerprint density at radius 2 is 1.48 bits per heavy atom. The molecule has 0 atom stereocenters. The number of nitrogens with zero attached hydrogens (tertiary/aromatic N) is 2. The molecule has 1 aromatic carbocycles. The Hall–Kier alpha value is -2.96. The van der Waals surface area contributed by atoms with Gasteiger partial charge in [0.1, 0.15) is 0 Å². The van der Waals surface area contributed by atoms with Crippen LogP contribution in [0.1, 0.15) is 31.3 Å². The number of carbonyl (C=O) groups excluding carboxylic acids is 2. The van der Waals surface area contributed by atoms with E-state index in [4.69, 9.17) is 5.73 Å². The van der Waals surface area contributed by atoms with Crippen LogP contribution < -0.4 is 16.4 Å². The van der Waals surface area contributed by atoms with Crippen LogP contribution in [-0.4, -0.2) is 21.8 Å². The Balaban J connectivity index is 2.05. The highest BCUT2D eigenvalue weighted by molar-refractivity contribution is 6.05. The summed E-state index contributed by atoms with van der Waals surface area (Å²) in [6.07, 6.45) is 2.81. The lowest BCUT2D eigenvalue weighted by molar-refractivity contribution is -0.123. The van der Waals surface area contributed by atoms with Gasteiger partial charge in [0.05, 0.1) is 0 Å². The molecule has 2 aromatic rings. The van der Waals surface area contributed by atoms with Gasteiger partial charge in [-0.3, -0.25) is 9.59 Å². The van der Waals surface area contributed by atoms with Gasteiger partial charge < -0.3 is 16.4 Å². The molecule has 0 fully saturated rings. The van der Waals surface area contributed by atoms with Crippen molar-refractivity contribution in [3.63, 3.8) is 0 Å². The molecule has 1 heterocycles. The molecule has 120 valence electrons. The smallest absolute Gasteiger partial charge is 0.278 e. The minimum absolute atomic E-state index is 0.0672. The number of carbonyl (C=O) groups is 2. The quantitative estimate of drug-likeness (QED) is 0.805. The van der Waals surface area contributed by atoms with Crippen molar-refractivity contribution in [2.75, 3.05) is 16.4 Å². The molecule has 4 N–H and O–H groups in total. The van der Waals surface area contributed by atoms with E-state index < -0.39 is 11.3 Å². The molecule has 2 rings (SSSR count). The number of nitrogen functional groups attached to an aromatic ring is 1. The molecule has 0 aliphatic heterocycles. The molecule has 0 aliphatic carbocycles. The molecule has 23 heavy (non-hydrogen) atoms.